The molecular formula is C30H36N4O6. The molecule has 1 aliphatic heterocycles. The van der Waals surface area contributed by atoms with Gasteiger partial charge in [0.05, 0.1) is 6.04 Å². The van der Waals surface area contributed by atoms with Crippen molar-refractivity contribution in [2.45, 2.75) is 57.7 Å². The molecule has 10 heteroatoms. The number of hydrogen-bond donors (Lipinski definition) is 5. The minimum Gasteiger partial charge on any atom is -0.372 e. The van der Waals surface area contributed by atoms with Crippen molar-refractivity contribution in [2.24, 2.45) is 11.8 Å². The largest absolute Gasteiger partial charge is 0.372 e. The van der Waals surface area contributed by atoms with Crippen molar-refractivity contribution >= 4 is 29.4 Å². The maximum Gasteiger partial charge on any atom is 0.289 e. The predicted octanol–water partition coefficient (Wildman–Crippen LogP) is 1.15. The second kappa shape index (κ2) is 12.0. The molecule has 0 aromatic heterocycles. The minimum atomic E-state index is -2.03. The Morgan fingerprint density at radius 2 is 1.57 bits per heavy atom. The Hall–Kier alpha value is -4.05. The summed E-state index contributed by atoms with van der Waals surface area (Å²) >= 11 is 0. The van der Waals surface area contributed by atoms with E-state index in [2.05, 4.69) is 21.3 Å². The molecule has 10 nitrogen and oxygen atoms in total. The average molecular weight is 549 g/mol. The zero-order chi connectivity index (χ0) is 29.0. The van der Waals surface area contributed by atoms with Crippen LogP contribution in [0.3, 0.4) is 0 Å². The molecule has 1 aliphatic carbocycles. The number of ketones is 1. The summed E-state index contributed by atoms with van der Waals surface area (Å²) in [6, 6.07) is 11.8. The van der Waals surface area contributed by atoms with Gasteiger partial charge in [-0.05, 0) is 43.2 Å². The monoisotopic (exact) mass is 548 g/mol. The number of benzene rings is 2. The molecule has 0 saturated carbocycles. The molecule has 40 heavy (non-hydrogen) atoms. The molecule has 2 aromatic carbocycles. The van der Waals surface area contributed by atoms with Gasteiger partial charge < -0.3 is 26.4 Å². The van der Waals surface area contributed by atoms with E-state index >= 15 is 0 Å². The third-order valence-electron chi connectivity index (χ3n) is 7.46. The number of hydrogen-bond acceptors (Lipinski definition) is 6. The Morgan fingerprint density at radius 3 is 2.10 bits per heavy atom. The fraction of sp³-hybridized carbons (Fsp3) is 0.433. The molecule has 2 aliphatic rings. The first-order valence-corrected chi connectivity index (χ1v) is 13.7. The van der Waals surface area contributed by atoms with Crippen LogP contribution < -0.4 is 21.3 Å². The lowest BCUT2D eigenvalue weighted by Crippen LogP contribution is -2.57. The van der Waals surface area contributed by atoms with E-state index in [-0.39, 0.29) is 31.2 Å². The van der Waals surface area contributed by atoms with Crippen LogP contribution in [0.1, 0.15) is 51.2 Å². The summed E-state index contributed by atoms with van der Waals surface area (Å²) < 4.78 is 0. The summed E-state index contributed by atoms with van der Waals surface area (Å²) in [5.41, 5.74) is 0.245. The van der Waals surface area contributed by atoms with Gasteiger partial charge in [-0.25, -0.2) is 0 Å². The van der Waals surface area contributed by atoms with Gasteiger partial charge in [0.1, 0.15) is 6.04 Å². The molecule has 3 atom stereocenters. The lowest BCUT2D eigenvalue weighted by molar-refractivity contribution is -0.142. The van der Waals surface area contributed by atoms with Gasteiger partial charge in [-0.2, -0.15) is 0 Å². The van der Waals surface area contributed by atoms with Crippen LogP contribution in [0, 0.1) is 11.8 Å². The Balaban J connectivity index is 1.60. The van der Waals surface area contributed by atoms with E-state index in [0.717, 1.165) is 11.1 Å². The first kappa shape index (κ1) is 28.9. The van der Waals surface area contributed by atoms with Crippen molar-refractivity contribution in [3.05, 3.63) is 59.7 Å². The van der Waals surface area contributed by atoms with Crippen LogP contribution in [-0.2, 0) is 29.6 Å². The summed E-state index contributed by atoms with van der Waals surface area (Å²) in [4.78, 5) is 64.9. The van der Waals surface area contributed by atoms with Gasteiger partial charge in [0.25, 0.3) is 11.8 Å². The number of nitrogens with one attached hydrogen (secondary N) is 4. The maximum absolute atomic E-state index is 13.8. The zero-order valence-electron chi connectivity index (χ0n) is 23.0. The Labute approximate surface area is 233 Å². The number of rotatable bonds is 11. The highest BCUT2D eigenvalue weighted by molar-refractivity contribution is 6.38. The topological polar surface area (TPSA) is 154 Å². The molecule has 1 heterocycles. The summed E-state index contributed by atoms with van der Waals surface area (Å²) in [5.74, 6) is -3.97. The van der Waals surface area contributed by atoms with Crippen LogP contribution in [0.15, 0.2) is 48.5 Å². The second-order valence-electron chi connectivity index (χ2n) is 10.8. The van der Waals surface area contributed by atoms with Crippen molar-refractivity contribution < 1.29 is 29.1 Å². The molecule has 0 spiro atoms. The lowest BCUT2D eigenvalue weighted by Gasteiger charge is -2.29. The van der Waals surface area contributed by atoms with Crippen molar-refractivity contribution in [1.82, 2.24) is 21.3 Å². The predicted molar refractivity (Wildman–Crippen MR) is 148 cm³/mol. The Kier molecular flexibility index (Phi) is 8.68. The third-order valence-corrected chi connectivity index (χ3v) is 7.46. The molecule has 2 aromatic rings. The van der Waals surface area contributed by atoms with Crippen molar-refractivity contribution in [3.8, 4) is 11.1 Å². The van der Waals surface area contributed by atoms with Gasteiger partial charge in [0, 0.05) is 30.1 Å². The summed E-state index contributed by atoms with van der Waals surface area (Å²) in [6.07, 6.45) is 0.648. The first-order chi connectivity index (χ1) is 19.1. The van der Waals surface area contributed by atoms with E-state index in [1.807, 2.05) is 38.1 Å². The van der Waals surface area contributed by atoms with E-state index < -0.39 is 47.1 Å². The molecule has 4 rings (SSSR count). The van der Waals surface area contributed by atoms with E-state index in [9.17, 15) is 29.1 Å². The van der Waals surface area contributed by atoms with Gasteiger partial charge in [0.15, 0.2) is 5.60 Å². The maximum atomic E-state index is 13.8. The number of likely N-dealkylation sites (N-methyl/N-ethyl adjacent to an activating group) is 1. The second-order valence-corrected chi connectivity index (χ2v) is 10.8. The van der Waals surface area contributed by atoms with E-state index in [1.165, 1.54) is 0 Å². The molecule has 3 unspecified atom stereocenters. The summed E-state index contributed by atoms with van der Waals surface area (Å²) in [5, 5.41) is 22.4. The smallest absolute Gasteiger partial charge is 0.289 e. The van der Waals surface area contributed by atoms with Crippen LogP contribution in [-0.4, -0.2) is 59.7 Å². The molecule has 0 bridgehead atoms. The van der Waals surface area contributed by atoms with Crippen LogP contribution in [0.5, 0.6) is 0 Å². The number of amides is 4. The normalized spacial score (nSPS) is 18.2. The van der Waals surface area contributed by atoms with Crippen molar-refractivity contribution in [2.75, 3.05) is 13.1 Å². The molecule has 212 valence electrons. The molecule has 1 fully saturated rings. The molecule has 1 saturated heterocycles. The van der Waals surface area contributed by atoms with Gasteiger partial charge in [0.2, 0.25) is 17.6 Å². The quantitative estimate of drug-likeness (QED) is 0.266. The van der Waals surface area contributed by atoms with E-state index in [0.29, 0.717) is 24.1 Å². The standard InChI is InChI=1S/C30H36N4O6/c1-4-31-28(38)25(35)23(16-18-13-14-32-26(18)36)33-27(37)24(15-17(2)3)34-29(39)30(40)21-11-7-5-9-19(21)20-10-6-8-12-22(20)30/h5-12,17-18,23-24,40H,4,13-16H2,1-3H3,(H,31,38)(H,32,36)(H,33,37)(H,34,39). The molecule has 4 amide bonds. The average Bonchev–Trinajstić information content (AvgIpc) is 3.46. The number of carbonyl (C=O) groups excluding carboxylic acids is 5. The third kappa shape index (κ3) is 5.62. The fourth-order valence-corrected chi connectivity index (χ4v) is 5.49. The van der Waals surface area contributed by atoms with Gasteiger partial charge in [-0.3, -0.25) is 24.0 Å². The minimum absolute atomic E-state index is 0.0352. The highest BCUT2D eigenvalue weighted by Crippen LogP contribution is 2.47. The van der Waals surface area contributed by atoms with Crippen molar-refractivity contribution in [1.29, 1.82) is 0 Å². The van der Waals surface area contributed by atoms with Gasteiger partial charge in [-0.1, -0.05) is 62.4 Å². The number of Topliss-reactive ketones (excluding diaryl/α,β-unsaturated/α-hetero) is 1. The zero-order valence-corrected chi connectivity index (χ0v) is 23.0. The first-order valence-electron chi connectivity index (χ1n) is 13.7. The number of carbonyl (C=O) groups is 5. The fourth-order valence-electron chi connectivity index (χ4n) is 5.49. The molecule has 0 radical (unpaired) electrons. The van der Waals surface area contributed by atoms with Gasteiger partial charge >= 0.3 is 0 Å². The number of aliphatic hydroxyl groups is 1. The lowest BCUT2D eigenvalue weighted by atomic mass is 9.89. The van der Waals surface area contributed by atoms with Crippen LogP contribution in [0.4, 0.5) is 0 Å². The SMILES string of the molecule is CCNC(=O)C(=O)C(CC1CCNC1=O)NC(=O)C(CC(C)C)NC(=O)C1(O)c2ccccc2-c2ccccc21. The van der Waals surface area contributed by atoms with Gasteiger partial charge in [-0.15, -0.1) is 0 Å². The Morgan fingerprint density at radius 1 is 0.975 bits per heavy atom. The van der Waals surface area contributed by atoms with Crippen molar-refractivity contribution in [3.63, 3.8) is 0 Å². The Bertz CT molecular complexity index is 1280. The van der Waals surface area contributed by atoms with Crippen LogP contribution in [0.25, 0.3) is 11.1 Å². The molecule has 5 N–H and O–H groups in total. The van der Waals surface area contributed by atoms with Crippen LogP contribution >= 0.6 is 0 Å². The summed E-state index contributed by atoms with van der Waals surface area (Å²) in [6.45, 7) is 6.10. The molecular weight excluding hydrogens is 512 g/mol. The van der Waals surface area contributed by atoms with E-state index in [1.54, 1.807) is 31.2 Å². The van der Waals surface area contributed by atoms with Crippen LogP contribution in [0.2, 0.25) is 0 Å². The highest BCUT2D eigenvalue weighted by Gasteiger charge is 2.48. The highest BCUT2D eigenvalue weighted by atomic mass is 16.3. The number of fused-ring (bicyclic) bond motifs is 3. The van der Waals surface area contributed by atoms with E-state index in [4.69, 9.17) is 0 Å². The summed E-state index contributed by atoms with van der Waals surface area (Å²) in [7, 11) is 0.